The summed E-state index contributed by atoms with van der Waals surface area (Å²) in [7, 11) is -2.04. The maximum atomic E-state index is 13.0. The van der Waals surface area contributed by atoms with E-state index in [2.05, 4.69) is 10.6 Å². The Kier molecular flexibility index (Phi) is 6.89. The van der Waals surface area contributed by atoms with Crippen LogP contribution in [0.3, 0.4) is 0 Å². The molecule has 1 aliphatic rings. The summed E-state index contributed by atoms with van der Waals surface area (Å²) in [4.78, 5) is 24.9. The van der Waals surface area contributed by atoms with Crippen molar-refractivity contribution < 1.29 is 62.3 Å². The zero-order chi connectivity index (χ0) is 19.4. The van der Waals surface area contributed by atoms with E-state index in [1.165, 1.54) is 20.2 Å². The number of carbonyl (C=O) groups is 2. The van der Waals surface area contributed by atoms with E-state index in [9.17, 15) is 32.8 Å². The van der Waals surface area contributed by atoms with E-state index in [1.807, 2.05) is 0 Å². The standard InChI is InChI=1S/C16H14N2O7S.H3N.Na/c1-17-6-3-4-8(19)12-10(6)16(22)13-11(15(12)21)7(18-2)5-9(14(13)20)26(23,24)25;;/h3-5,17-20H,1-2H3,(H,23,24,25);1H3;/q;;+1/p-1. The van der Waals surface area contributed by atoms with Gasteiger partial charge in [-0.1, -0.05) is 11.8 Å². The summed E-state index contributed by atoms with van der Waals surface area (Å²) in [5.41, 5.74) is -1.51. The molecule has 10 nitrogen and oxygen atoms in total. The predicted molar refractivity (Wildman–Crippen MR) is 94.8 cm³/mol. The molecule has 0 unspecified atom stereocenters. The molecular weight excluding hydrogens is 401 g/mol. The van der Waals surface area contributed by atoms with Gasteiger partial charge in [-0.2, -0.15) is 8.42 Å². The Morgan fingerprint density at radius 1 is 0.929 bits per heavy atom. The Labute approximate surface area is 182 Å². The van der Waals surface area contributed by atoms with Crippen LogP contribution in [0.1, 0.15) is 31.8 Å². The first-order chi connectivity index (χ1) is 12.1. The first-order valence-corrected chi connectivity index (χ1v) is 8.73. The second-order valence-electron chi connectivity index (χ2n) is 5.52. The minimum absolute atomic E-state index is 0. The Bertz CT molecular complexity index is 1100. The number of hydrogen-bond donors (Lipinski definition) is 5. The molecule has 0 spiro atoms. The molecule has 0 saturated carbocycles. The number of anilines is 2. The number of nitrogens with one attached hydrogen (secondary N) is 2. The number of aromatic hydroxyl groups is 1. The van der Waals surface area contributed by atoms with Crippen LogP contribution in [0.5, 0.6) is 11.5 Å². The van der Waals surface area contributed by atoms with E-state index in [0.29, 0.717) is 0 Å². The smallest absolute Gasteiger partial charge is 0.872 e. The summed E-state index contributed by atoms with van der Waals surface area (Å²) in [6, 6.07) is 3.26. The van der Waals surface area contributed by atoms with Crippen molar-refractivity contribution in [2.24, 2.45) is 0 Å². The average molecular weight is 417 g/mol. The van der Waals surface area contributed by atoms with Crippen molar-refractivity contribution in [2.45, 2.75) is 4.90 Å². The van der Waals surface area contributed by atoms with Gasteiger partial charge in [-0.05, 0) is 12.1 Å². The van der Waals surface area contributed by atoms with Gasteiger partial charge in [0.1, 0.15) is 10.6 Å². The maximum Gasteiger partial charge on any atom is 1.00 e. The van der Waals surface area contributed by atoms with Crippen molar-refractivity contribution in [1.82, 2.24) is 6.15 Å². The van der Waals surface area contributed by atoms with Crippen molar-refractivity contribution in [1.29, 1.82) is 0 Å². The van der Waals surface area contributed by atoms with E-state index in [-0.39, 0.29) is 63.8 Å². The molecule has 0 amide bonds. The van der Waals surface area contributed by atoms with Gasteiger partial charge in [0.05, 0.1) is 16.7 Å². The molecule has 0 bridgehead atoms. The van der Waals surface area contributed by atoms with Gasteiger partial charge in [0.25, 0.3) is 10.1 Å². The first-order valence-electron chi connectivity index (χ1n) is 7.29. The summed E-state index contributed by atoms with van der Waals surface area (Å²) >= 11 is 0. The molecule has 7 N–H and O–H groups in total. The first kappa shape index (κ1) is 23.9. The van der Waals surface area contributed by atoms with Gasteiger partial charge in [0.2, 0.25) is 0 Å². The van der Waals surface area contributed by atoms with Gasteiger partial charge in [0, 0.05) is 31.0 Å². The van der Waals surface area contributed by atoms with Crippen LogP contribution < -0.4 is 51.4 Å². The molecule has 0 radical (unpaired) electrons. The van der Waals surface area contributed by atoms with E-state index in [1.54, 1.807) is 0 Å². The number of ketones is 2. The van der Waals surface area contributed by atoms with Crippen LogP contribution in [0, 0.1) is 0 Å². The summed E-state index contributed by atoms with van der Waals surface area (Å²) in [5.74, 6) is -3.47. The van der Waals surface area contributed by atoms with Crippen LogP contribution in [0.2, 0.25) is 0 Å². The molecule has 144 valence electrons. The van der Waals surface area contributed by atoms with Crippen LogP contribution >= 0.6 is 0 Å². The summed E-state index contributed by atoms with van der Waals surface area (Å²) < 4.78 is 32.4. The minimum atomic E-state index is -4.87. The van der Waals surface area contributed by atoms with E-state index < -0.39 is 43.6 Å². The normalized spacial score (nSPS) is 12.2. The van der Waals surface area contributed by atoms with Crippen LogP contribution in [0.15, 0.2) is 23.1 Å². The van der Waals surface area contributed by atoms with Gasteiger partial charge in [-0.25, -0.2) is 0 Å². The molecular formula is C16H16N3NaO7S. The molecule has 0 atom stereocenters. The second-order valence-corrected chi connectivity index (χ2v) is 6.91. The third-order valence-corrected chi connectivity index (χ3v) is 5.02. The fraction of sp³-hybridized carbons (Fsp3) is 0.125. The monoisotopic (exact) mass is 417 g/mol. The molecule has 0 aromatic heterocycles. The third kappa shape index (κ3) is 3.36. The average Bonchev–Trinajstić information content (AvgIpc) is 2.57. The van der Waals surface area contributed by atoms with Crippen LogP contribution in [0.4, 0.5) is 11.4 Å². The summed E-state index contributed by atoms with van der Waals surface area (Å²) in [6.07, 6.45) is 0. The third-order valence-electron chi connectivity index (χ3n) is 4.16. The van der Waals surface area contributed by atoms with Crippen LogP contribution in [-0.2, 0) is 10.1 Å². The molecule has 28 heavy (non-hydrogen) atoms. The zero-order valence-corrected chi connectivity index (χ0v) is 18.1. The van der Waals surface area contributed by atoms with E-state index in [0.717, 1.165) is 12.1 Å². The molecule has 0 aliphatic heterocycles. The Balaban J connectivity index is 0.00000196. The van der Waals surface area contributed by atoms with Crippen LogP contribution in [-0.4, -0.2) is 43.7 Å². The van der Waals surface area contributed by atoms with Crippen molar-refractivity contribution in [3.63, 3.8) is 0 Å². The van der Waals surface area contributed by atoms with Gasteiger partial charge in [-0.3, -0.25) is 14.1 Å². The minimum Gasteiger partial charge on any atom is -0.872 e. The van der Waals surface area contributed by atoms with Crippen molar-refractivity contribution in [3.8, 4) is 11.5 Å². The molecule has 0 heterocycles. The molecule has 12 heteroatoms. The van der Waals surface area contributed by atoms with Gasteiger partial charge in [0.15, 0.2) is 11.6 Å². The largest absolute Gasteiger partial charge is 1.00 e. The number of rotatable bonds is 3. The van der Waals surface area contributed by atoms with Crippen LogP contribution in [0.25, 0.3) is 0 Å². The van der Waals surface area contributed by atoms with E-state index >= 15 is 0 Å². The molecule has 0 saturated heterocycles. The molecule has 1 aliphatic carbocycles. The molecule has 2 aromatic rings. The Morgan fingerprint density at radius 3 is 1.93 bits per heavy atom. The molecule has 0 fully saturated rings. The van der Waals surface area contributed by atoms with E-state index in [4.69, 9.17) is 0 Å². The number of fused-ring (bicyclic) bond motifs is 2. The number of hydrogen-bond acceptors (Lipinski definition) is 9. The van der Waals surface area contributed by atoms with Crippen molar-refractivity contribution in [2.75, 3.05) is 24.7 Å². The van der Waals surface area contributed by atoms with Gasteiger partial charge >= 0.3 is 29.6 Å². The van der Waals surface area contributed by atoms with Gasteiger partial charge < -0.3 is 27.0 Å². The fourth-order valence-electron chi connectivity index (χ4n) is 3.00. The van der Waals surface area contributed by atoms with Crippen molar-refractivity contribution in [3.05, 3.63) is 40.5 Å². The van der Waals surface area contributed by atoms with Gasteiger partial charge in [-0.15, -0.1) is 0 Å². The van der Waals surface area contributed by atoms with Crippen molar-refractivity contribution >= 4 is 33.1 Å². The Morgan fingerprint density at radius 2 is 1.43 bits per heavy atom. The zero-order valence-electron chi connectivity index (χ0n) is 15.3. The number of phenols is 1. The maximum absolute atomic E-state index is 13.0. The Hall–Kier alpha value is -2.15. The quantitative estimate of drug-likeness (QED) is 0.176. The molecule has 2 aromatic carbocycles. The summed E-state index contributed by atoms with van der Waals surface area (Å²) in [5, 5.41) is 27.7. The topological polar surface area (TPSA) is 191 Å². The predicted octanol–water partition coefficient (Wildman–Crippen LogP) is -2.26. The SMILES string of the molecule is CNc1ccc([O-])c2c1C(=O)c1c(O)c(S(=O)(=O)O)cc(NC)c1C2=O.N.[Na+]. The second kappa shape index (κ2) is 8.07. The number of benzene rings is 2. The number of carbonyl (C=O) groups excluding carboxylic acids is 2. The number of phenolic OH excluding ortho intramolecular Hbond substituents is 1. The molecule has 3 rings (SSSR count). The fourth-order valence-corrected chi connectivity index (χ4v) is 3.61. The summed E-state index contributed by atoms with van der Waals surface area (Å²) in [6.45, 7) is 0.